The van der Waals surface area contributed by atoms with Gasteiger partial charge in [0.15, 0.2) is 5.75 Å². The molecule has 2 N–H and O–H groups in total. The van der Waals surface area contributed by atoms with E-state index in [0.29, 0.717) is 5.69 Å². The third-order valence-electron chi connectivity index (χ3n) is 1.88. The Hall–Kier alpha value is -1.33. The molecule has 1 heterocycles. The number of nitrogens with zero attached hydrogens (tertiary/aromatic N) is 1. The number of ether oxygens (including phenoxy) is 1. The molecule has 0 amide bonds. The van der Waals surface area contributed by atoms with Gasteiger partial charge in [-0.15, -0.1) is 0 Å². The molecule has 0 aromatic carbocycles. The fourth-order valence-electron chi connectivity index (χ4n) is 1.03. The van der Waals surface area contributed by atoms with E-state index in [2.05, 4.69) is 0 Å². The van der Waals surface area contributed by atoms with E-state index in [1.807, 2.05) is 0 Å². The van der Waals surface area contributed by atoms with Crippen LogP contribution >= 0.6 is 0 Å². The summed E-state index contributed by atoms with van der Waals surface area (Å²) in [5.74, 6) is -0.264. The summed E-state index contributed by atoms with van der Waals surface area (Å²) in [5.41, 5.74) is 0.0522. The van der Waals surface area contributed by atoms with Gasteiger partial charge in [-0.2, -0.15) is 0 Å². The summed E-state index contributed by atoms with van der Waals surface area (Å²) in [6.45, 7) is 2.01. The molecule has 0 aliphatic rings. The van der Waals surface area contributed by atoms with Crippen molar-refractivity contribution in [2.24, 2.45) is 0 Å². The summed E-state index contributed by atoms with van der Waals surface area (Å²) < 4.78 is 6.63. The average Bonchev–Trinajstić information content (AvgIpc) is 2.18. The van der Waals surface area contributed by atoms with Crippen LogP contribution in [-0.2, 0) is 11.5 Å². The lowest BCUT2D eigenvalue weighted by Crippen LogP contribution is -2.12. The zero-order chi connectivity index (χ0) is 10.6. The summed E-state index contributed by atoms with van der Waals surface area (Å²) in [4.78, 5) is 11.0. The lowest BCUT2D eigenvalue weighted by molar-refractivity contribution is 0.0466. The highest BCUT2D eigenvalue weighted by Crippen LogP contribution is 2.08. The number of rotatable bonds is 4. The Bertz CT molecular complexity index is 358. The van der Waals surface area contributed by atoms with Crippen LogP contribution in [0, 0.1) is 6.92 Å². The summed E-state index contributed by atoms with van der Waals surface area (Å²) in [7, 11) is 0. The van der Waals surface area contributed by atoms with Gasteiger partial charge in [-0.3, -0.25) is 4.79 Å². The molecule has 78 valence electrons. The van der Waals surface area contributed by atoms with Gasteiger partial charge in [-0.25, -0.2) is 0 Å². The van der Waals surface area contributed by atoms with Gasteiger partial charge in [0, 0.05) is 12.3 Å². The third kappa shape index (κ3) is 2.34. The first kappa shape index (κ1) is 10.7. The second-order valence-electron chi connectivity index (χ2n) is 2.84. The van der Waals surface area contributed by atoms with E-state index < -0.39 is 5.43 Å². The Morgan fingerprint density at radius 1 is 1.57 bits per heavy atom. The molecule has 0 aliphatic carbocycles. The van der Waals surface area contributed by atoms with Gasteiger partial charge in [-0.05, 0) is 6.92 Å². The lowest BCUT2D eigenvalue weighted by Gasteiger charge is -2.10. The Morgan fingerprint density at radius 2 is 2.29 bits per heavy atom. The molecule has 1 aromatic rings. The van der Waals surface area contributed by atoms with Crippen LogP contribution in [0.15, 0.2) is 17.1 Å². The Balaban J connectivity index is 2.78. The maximum absolute atomic E-state index is 11.0. The minimum absolute atomic E-state index is 0.0504. The van der Waals surface area contributed by atoms with Gasteiger partial charge in [0.25, 0.3) is 0 Å². The highest BCUT2D eigenvalue weighted by Gasteiger charge is 2.04. The monoisotopic (exact) mass is 199 g/mol. The molecule has 14 heavy (non-hydrogen) atoms. The van der Waals surface area contributed by atoms with Crippen molar-refractivity contribution in [1.29, 1.82) is 0 Å². The molecular weight excluding hydrogens is 186 g/mol. The molecule has 0 fully saturated rings. The third-order valence-corrected chi connectivity index (χ3v) is 1.88. The van der Waals surface area contributed by atoms with E-state index in [1.165, 1.54) is 12.3 Å². The van der Waals surface area contributed by atoms with Gasteiger partial charge in [0.05, 0.1) is 18.9 Å². The second kappa shape index (κ2) is 4.78. The number of hydrogen-bond acceptors (Lipinski definition) is 4. The van der Waals surface area contributed by atoms with Crippen molar-refractivity contribution in [2.75, 3.05) is 13.2 Å². The van der Waals surface area contributed by atoms with Crippen LogP contribution in [0.1, 0.15) is 5.69 Å². The van der Waals surface area contributed by atoms with Crippen molar-refractivity contribution in [3.05, 3.63) is 28.2 Å². The number of hydrogen-bond donors (Lipinski definition) is 2. The lowest BCUT2D eigenvalue weighted by atomic mass is 10.3. The summed E-state index contributed by atoms with van der Waals surface area (Å²) in [6.07, 6.45) is 1.54. The molecular formula is C9H13NO4. The Morgan fingerprint density at radius 3 is 2.93 bits per heavy atom. The summed E-state index contributed by atoms with van der Waals surface area (Å²) in [5, 5.41) is 17.8. The number of aromatic hydroxyl groups is 1. The SMILES string of the molecule is Cc1c(O)c(=O)ccn1COCCO. The minimum Gasteiger partial charge on any atom is -0.503 e. The summed E-state index contributed by atoms with van der Waals surface area (Å²) in [6, 6.07) is 1.27. The molecule has 0 unspecified atom stereocenters. The standard InChI is InChI=1S/C9H13NO4/c1-7-9(13)8(12)2-3-10(7)6-14-5-4-11/h2-3,11,13H,4-6H2,1H3. The highest BCUT2D eigenvalue weighted by molar-refractivity contribution is 5.24. The van der Waals surface area contributed by atoms with Crippen molar-refractivity contribution in [3.8, 4) is 5.75 Å². The van der Waals surface area contributed by atoms with Gasteiger partial charge in [0.1, 0.15) is 6.73 Å². The van der Waals surface area contributed by atoms with Crippen molar-refractivity contribution in [1.82, 2.24) is 4.57 Å². The van der Waals surface area contributed by atoms with Crippen LogP contribution in [0.2, 0.25) is 0 Å². The molecule has 5 heteroatoms. The van der Waals surface area contributed by atoms with Crippen LogP contribution in [-0.4, -0.2) is 28.0 Å². The first-order valence-electron chi connectivity index (χ1n) is 4.24. The summed E-state index contributed by atoms with van der Waals surface area (Å²) >= 11 is 0. The largest absolute Gasteiger partial charge is 0.503 e. The molecule has 0 bridgehead atoms. The van der Waals surface area contributed by atoms with E-state index in [-0.39, 0.29) is 25.7 Å². The maximum atomic E-state index is 11.0. The quantitative estimate of drug-likeness (QED) is 0.660. The van der Waals surface area contributed by atoms with E-state index in [1.54, 1.807) is 11.5 Å². The fourth-order valence-corrected chi connectivity index (χ4v) is 1.03. The normalized spacial score (nSPS) is 10.4. The van der Waals surface area contributed by atoms with E-state index >= 15 is 0 Å². The van der Waals surface area contributed by atoms with E-state index in [4.69, 9.17) is 9.84 Å². The van der Waals surface area contributed by atoms with Crippen LogP contribution in [0.3, 0.4) is 0 Å². The zero-order valence-corrected chi connectivity index (χ0v) is 7.93. The number of aliphatic hydroxyl groups is 1. The van der Waals surface area contributed by atoms with Crippen molar-refractivity contribution in [2.45, 2.75) is 13.7 Å². The molecule has 0 aliphatic heterocycles. The zero-order valence-electron chi connectivity index (χ0n) is 7.93. The highest BCUT2D eigenvalue weighted by atomic mass is 16.5. The second-order valence-corrected chi connectivity index (χ2v) is 2.84. The predicted molar refractivity (Wildman–Crippen MR) is 50.1 cm³/mol. The number of aromatic nitrogens is 1. The number of aliphatic hydroxyl groups excluding tert-OH is 1. The van der Waals surface area contributed by atoms with Gasteiger partial charge in [0.2, 0.25) is 5.43 Å². The van der Waals surface area contributed by atoms with Crippen molar-refractivity contribution >= 4 is 0 Å². The van der Waals surface area contributed by atoms with Gasteiger partial charge < -0.3 is 19.5 Å². The first-order valence-corrected chi connectivity index (χ1v) is 4.24. The molecule has 0 spiro atoms. The topological polar surface area (TPSA) is 71.7 Å². The predicted octanol–water partition coefficient (Wildman–Crippen LogP) is -0.171. The smallest absolute Gasteiger partial charge is 0.223 e. The molecule has 1 rings (SSSR count). The van der Waals surface area contributed by atoms with Crippen LogP contribution in [0.5, 0.6) is 5.75 Å². The fraction of sp³-hybridized carbons (Fsp3) is 0.444. The Kier molecular flexibility index (Phi) is 3.67. The molecule has 0 saturated carbocycles. The molecule has 5 nitrogen and oxygen atoms in total. The van der Waals surface area contributed by atoms with Crippen LogP contribution in [0.25, 0.3) is 0 Å². The van der Waals surface area contributed by atoms with E-state index in [9.17, 15) is 9.90 Å². The van der Waals surface area contributed by atoms with Crippen molar-refractivity contribution < 1.29 is 14.9 Å². The van der Waals surface area contributed by atoms with E-state index in [0.717, 1.165) is 0 Å². The number of pyridine rings is 1. The molecule has 1 aromatic heterocycles. The molecule has 0 saturated heterocycles. The maximum Gasteiger partial charge on any atom is 0.223 e. The molecule has 0 atom stereocenters. The van der Waals surface area contributed by atoms with Crippen LogP contribution < -0.4 is 5.43 Å². The average molecular weight is 199 g/mol. The van der Waals surface area contributed by atoms with Crippen LogP contribution in [0.4, 0.5) is 0 Å². The van der Waals surface area contributed by atoms with Crippen molar-refractivity contribution in [3.63, 3.8) is 0 Å². The van der Waals surface area contributed by atoms with Gasteiger partial charge >= 0.3 is 0 Å². The minimum atomic E-state index is -0.402. The van der Waals surface area contributed by atoms with Gasteiger partial charge in [-0.1, -0.05) is 0 Å². The molecule has 0 radical (unpaired) electrons. The Labute approximate surface area is 81.2 Å². The first-order chi connectivity index (χ1) is 6.66.